The quantitative estimate of drug-likeness (QED) is 0.0544. The summed E-state index contributed by atoms with van der Waals surface area (Å²) in [6.45, 7) is 0. The second-order valence-electron chi connectivity index (χ2n) is 10.4. The Labute approximate surface area is 283 Å². The number of nitrogens with zero attached hydrogens (tertiary/aromatic N) is 4. The molecule has 0 radical (unpaired) electrons. The topological polar surface area (TPSA) is 206 Å². The van der Waals surface area contributed by atoms with E-state index in [0.29, 0.717) is 33.2 Å². The zero-order chi connectivity index (χ0) is 34.4. The van der Waals surface area contributed by atoms with E-state index in [2.05, 4.69) is 35.8 Å². The molecule has 4 bridgehead atoms. The van der Waals surface area contributed by atoms with Crippen LogP contribution in [0.3, 0.4) is 0 Å². The molecule has 5 rings (SSSR count). The molecule has 248 valence electrons. The minimum absolute atomic E-state index is 0.00164. The number of nitrogens with two attached hydrogens (primary N) is 2. The third-order valence-electron chi connectivity index (χ3n) is 7.16. The Hall–Kier alpha value is -5.51. The average Bonchev–Trinajstić information content (AvgIpc) is 3.44. The minimum Gasteiger partial charge on any atom is -0.453 e. The van der Waals surface area contributed by atoms with E-state index in [0.717, 1.165) is 0 Å². The zero-order valence-electron chi connectivity index (χ0n) is 25.3. The van der Waals surface area contributed by atoms with Crippen molar-refractivity contribution in [2.75, 3.05) is 22.8 Å². The number of aromatic nitrogens is 3. The van der Waals surface area contributed by atoms with E-state index in [-0.39, 0.29) is 47.3 Å². The van der Waals surface area contributed by atoms with Crippen molar-refractivity contribution in [3.8, 4) is 11.3 Å². The number of anilines is 3. The number of aromatic amines is 1. The summed E-state index contributed by atoms with van der Waals surface area (Å²) in [6, 6.07) is 11.5. The van der Waals surface area contributed by atoms with Gasteiger partial charge in [-0.1, -0.05) is 23.2 Å². The molecule has 2 aromatic carbocycles. The third kappa shape index (κ3) is 8.06. The van der Waals surface area contributed by atoms with Gasteiger partial charge in [0.1, 0.15) is 28.8 Å². The van der Waals surface area contributed by atoms with Gasteiger partial charge in [-0.3, -0.25) is 24.9 Å². The summed E-state index contributed by atoms with van der Waals surface area (Å²) >= 11 is 12.8. The molecule has 4 aromatic rings. The van der Waals surface area contributed by atoms with Crippen molar-refractivity contribution in [3.05, 3.63) is 93.4 Å². The SMILES string of the molecule is COC(=O)Nc1ccc2c(c1)NC(=O)CCc1nc(ccc1F)CC(NC(=O)/C=C/c1cc(Cl)ccc1N(N)/C=N\N)c1nc-2c(Cl)[nH]1. The Morgan fingerprint density at radius 3 is 2.73 bits per heavy atom. The monoisotopic (exact) mass is 694 g/mol. The number of H-pyrrole nitrogens is 1. The first kappa shape index (κ1) is 33.8. The number of fused-ring (bicyclic) bond motifs is 6. The van der Waals surface area contributed by atoms with E-state index in [9.17, 15) is 18.8 Å². The van der Waals surface area contributed by atoms with Crippen molar-refractivity contribution in [3.63, 3.8) is 0 Å². The summed E-state index contributed by atoms with van der Waals surface area (Å²) in [5.41, 5.74) is 2.74. The molecule has 1 aliphatic rings. The number of hydrogen-bond donors (Lipinski definition) is 6. The average molecular weight is 696 g/mol. The van der Waals surface area contributed by atoms with Crippen LogP contribution in [0.15, 0.2) is 59.7 Å². The summed E-state index contributed by atoms with van der Waals surface area (Å²) < 4.78 is 19.4. The number of halogens is 3. The number of aryl methyl sites for hydroxylation is 1. The van der Waals surface area contributed by atoms with Crippen LogP contribution in [-0.2, 0) is 27.2 Å². The first-order valence-electron chi connectivity index (χ1n) is 14.3. The fourth-order valence-corrected chi connectivity index (χ4v) is 5.34. The summed E-state index contributed by atoms with van der Waals surface area (Å²) in [7, 11) is 1.22. The molecule has 0 fully saturated rings. The maximum Gasteiger partial charge on any atom is 0.411 e. The lowest BCUT2D eigenvalue weighted by Crippen LogP contribution is -2.30. The number of pyridine rings is 1. The van der Waals surface area contributed by atoms with Gasteiger partial charge in [-0.2, -0.15) is 5.10 Å². The maximum absolute atomic E-state index is 14.8. The highest BCUT2D eigenvalue weighted by Crippen LogP contribution is 2.36. The third-order valence-corrected chi connectivity index (χ3v) is 7.67. The number of rotatable bonds is 6. The Morgan fingerprint density at radius 1 is 1.15 bits per heavy atom. The van der Waals surface area contributed by atoms with Crippen molar-refractivity contribution in [1.29, 1.82) is 0 Å². The van der Waals surface area contributed by atoms with E-state index >= 15 is 0 Å². The molecule has 2 aromatic heterocycles. The van der Waals surface area contributed by atoms with Crippen molar-refractivity contribution in [1.82, 2.24) is 20.3 Å². The molecule has 14 nitrogen and oxygen atoms in total. The number of imidazole rings is 1. The standard InChI is InChI=1S/C31H29Cl2FN10O4/c1-48-31(47)39-19-4-6-20-23(13-19)40-27(46)11-8-22-21(34)7-5-18(38-22)14-24(30-42-28(20)29(33)43-30)41-26(45)10-2-16-12-17(32)3-9-25(16)44(36)15-37-35/h2-7,9-10,12-13,15,24H,8,11,14,35-36H2,1H3,(H,39,47)(H,40,46)(H,41,45)(H,42,43)/b10-2+,37-15-. The molecule has 0 saturated heterocycles. The molecule has 3 heterocycles. The highest BCUT2D eigenvalue weighted by atomic mass is 35.5. The van der Waals surface area contributed by atoms with Gasteiger partial charge < -0.3 is 26.2 Å². The Morgan fingerprint density at radius 2 is 1.96 bits per heavy atom. The lowest BCUT2D eigenvalue weighted by molar-refractivity contribution is -0.117. The van der Waals surface area contributed by atoms with Gasteiger partial charge in [0.2, 0.25) is 11.8 Å². The number of nitrogens with one attached hydrogen (secondary N) is 4. The second-order valence-corrected chi connectivity index (χ2v) is 11.2. The number of ether oxygens (including phenoxy) is 1. The molecule has 0 spiro atoms. The van der Waals surface area contributed by atoms with E-state index in [4.69, 9.17) is 39.9 Å². The Kier molecular flexibility index (Phi) is 10.5. The van der Waals surface area contributed by atoms with E-state index in [1.54, 1.807) is 30.3 Å². The van der Waals surface area contributed by atoms with Crippen LogP contribution in [-0.4, -0.2) is 46.3 Å². The Balaban J connectivity index is 1.53. The summed E-state index contributed by atoms with van der Waals surface area (Å²) in [5, 5.41) is 13.3. The van der Waals surface area contributed by atoms with Gasteiger partial charge in [0.25, 0.3) is 0 Å². The number of amides is 3. The largest absolute Gasteiger partial charge is 0.453 e. The molecular formula is C31H29Cl2FN10O4. The van der Waals surface area contributed by atoms with Gasteiger partial charge in [0.05, 0.1) is 30.2 Å². The van der Waals surface area contributed by atoms with Crippen molar-refractivity contribution in [2.24, 2.45) is 16.8 Å². The van der Waals surface area contributed by atoms with Crippen LogP contribution < -0.4 is 32.6 Å². The smallest absolute Gasteiger partial charge is 0.411 e. The number of carbonyl (C=O) groups excluding carboxylic acids is 3. The van der Waals surface area contributed by atoms with Gasteiger partial charge in [-0.15, -0.1) is 0 Å². The van der Waals surface area contributed by atoms with Crippen LogP contribution in [0.25, 0.3) is 17.3 Å². The Bertz CT molecular complexity index is 1930. The molecule has 0 aliphatic carbocycles. The van der Waals surface area contributed by atoms with Crippen LogP contribution in [0.5, 0.6) is 0 Å². The molecule has 1 atom stereocenters. The van der Waals surface area contributed by atoms with E-state index < -0.39 is 29.8 Å². The summed E-state index contributed by atoms with van der Waals surface area (Å²) in [5.74, 6) is 9.94. The number of benzene rings is 2. The van der Waals surface area contributed by atoms with E-state index in [1.165, 1.54) is 48.8 Å². The number of hydrazone groups is 1. The fraction of sp³-hybridized carbons (Fsp3) is 0.161. The molecule has 0 saturated carbocycles. The van der Waals surface area contributed by atoms with Gasteiger partial charge in [0.15, 0.2) is 0 Å². The van der Waals surface area contributed by atoms with Gasteiger partial charge >= 0.3 is 6.09 Å². The van der Waals surface area contributed by atoms with Crippen molar-refractivity contribution < 1.29 is 23.5 Å². The predicted octanol–water partition coefficient (Wildman–Crippen LogP) is 4.68. The van der Waals surface area contributed by atoms with Crippen LogP contribution in [0.1, 0.15) is 35.2 Å². The summed E-state index contributed by atoms with van der Waals surface area (Å²) in [6.07, 6.45) is 3.25. The summed E-state index contributed by atoms with van der Waals surface area (Å²) in [4.78, 5) is 50.3. The zero-order valence-corrected chi connectivity index (χ0v) is 26.8. The lowest BCUT2D eigenvalue weighted by atomic mass is 10.1. The van der Waals surface area contributed by atoms with Gasteiger partial charge in [-0.05, 0) is 54.6 Å². The molecular weight excluding hydrogens is 666 g/mol. The lowest BCUT2D eigenvalue weighted by Gasteiger charge is -2.17. The predicted molar refractivity (Wildman–Crippen MR) is 181 cm³/mol. The van der Waals surface area contributed by atoms with E-state index in [1.807, 2.05) is 0 Å². The van der Waals surface area contributed by atoms with Gasteiger partial charge in [0, 0.05) is 52.9 Å². The van der Waals surface area contributed by atoms with Crippen LogP contribution >= 0.6 is 23.2 Å². The van der Waals surface area contributed by atoms with Crippen molar-refractivity contribution >= 4 is 70.6 Å². The highest BCUT2D eigenvalue weighted by Gasteiger charge is 2.24. The normalized spacial score (nSPS) is 14.6. The number of methoxy groups -OCH3 is 1. The molecule has 1 unspecified atom stereocenters. The number of hydrogen-bond acceptors (Lipinski definition) is 9. The molecule has 8 N–H and O–H groups in total. The van der Waals surface area contributed by atoms with Crippen LogP contribution in [0.4, 0.5) is 26.2 Å². The fourth-order valence-electron chi connectivity index (χ4n) is 4.92. The molecule has 48 heavy (non-hydrogen) atoms. The maximum atomic E-state index is 14.8. The molecule has 17 heteroatoms. The highest BCUT2D eigenvalue weighted by molar-refractivity contribution is 6.32. The molecule has 3 amide bonds. The number of carbonyl (C=O) groups is 3. The van der Waals surface area contributed by atoms with Crippen LogP contribution in [0, 0.1) is 5.82 Å². The first-order valence-corrected chi connectivity index (χ1v) is 15.0. The molecule has 1 aliphatic heterocycles. The van der Waals surface area contributed by atoms with Crippen molar-refractivity contribution in [2.45, 2.75) is 25.3 Å². The van der Waals surface area contributed by atoms with Gasteiger partial charge in [-0.25, -0.2) is 20.0 Å². The van der Waals surface area contributed by atoms with Crippen LogP contribution in [0.2, 0.25) is 10.2 Å². The minimum atomic E-state index is -0.824. The first-order chi connectivity index (χ1) is 23.0. The second kappa shape index (κ2) is 14.9. The number of hydrazine groups is 1.